The molecule has 4 heteroatoms. The summed E-state index contributed by atoms with van der Waals surface area (Å²) in [5, 5.41) is 9.58. The van der Waals surface area contributed by atoms with Gasteiger partial charge in [0.2, 0.25) is 0 Å². The van der Waals surface area contributed by atoms with Crippen molar-refractivity contribution in [1.82, 2.24) is 0 Å². The van der Waals surface area contributed by atoms with E-state index >= 15 is 0 Å². The van der Waals surface area contributed by atoms with Crippen LogP contribution in [-0.2, 0) is 19.4 Å². The van der Waals surface area contributed by atoms with Crippen molar-refractivity contribution in [1.29, 1.82) is 0 Å². The molecule has 1 aromatic carbocycles. The van der Waals surface area contributed by atoms with Crippen LogP contribution in [0.4, 0.5) is 0 Å². The molecule has 2 aliphatic heterocycles. The van der Waals surface area contributed by atoms with Crippen LogP contribution in [0.1, 0.15) is 30.5 Å². The molecule has 0 radical (unpaired) electrons. The number of benzene rings is 1. The van der Waals surface area contributed by atoms with Crippen LogP contribution in [0, 0.1) is 0 Å². The Morgan fingerprint density at radius 3 is 2.35 bits per heavy atom. The number of hydrogen-bond acceptors (Lipinski definition) is 3. The fourth-order valence-electron chi connectivity index (χ4n) is 2.72. The summed E-state index contributed by atoms with van der Waals surface area (Å²) in [6, 6.07) is 0. The zero-order chi connectivity index (χ0) is 12.2. The van der Waals surface area contributed by atoms with Gasteiger partial charge in [-0.1, -0.05) is 0 Å². The van der Waals surface area contributed by atoms with Gasteiger partial charge in [-0.15, -0.1) is 0 Å². The molecule has 1 N–H and O–H groups in total. The molecule has 0 spiro atoms. The van der Waals surface area contributed by atoms with Gasteiger partial charge in [0.25, 0.3) is 0 Å². The third-order valence-corrected chi connectivity index (χ3v) is 4.27. The smallest absolute Gasteiger partial charge is 0.138 e. The van der Waals surface area contributed by atoms with E-state index in [-0.39, 0.29) is 18.8 Å². The van der Waals surface area contributed by atoms with E-state index in [1.807, 2.05) is 13.8 Å². The molecule has 92 valence electrons. The second-order valence-corrected chi connectivity index (χ2v) is 5.62. The van der Waals surface area contributed by atoms with Gasteiger partial charge in [0.1, 0.15) is 23.7 Å². The molecule has 0 fully saturated rings. The second-order valence-electron chi connectivity index (χ2n) is 4.83. The summed E-state index contributed by atoms with van der Waals surface area (Å²) in [4.78, 5) is 0. The quantitative estimate of drug-likeness (QED) is 0.866. The van der Waals surface area contributed by atoms with Gasteiger partial charge in [-0.2, -0.15) is 0 Å². The first-order valence-electron chi connectivity index (χ1n) is 5.92. The van der Waals surface area contributed by atoms with Crippen LogP contribution in [0.25, 0.3) is 0 Å². The molecule has 1 aromatic rings. The maximum Gasteiger partial charge on any atom is 0.138 e. The number of halogens is 1. The molecule has 3 nitrogen and oxygen atoms in total. The largest absolute Gasteiger partial charge is 0.490 e. The molecule has 0 aromatic heterocycles. The SMILES string of the molecule is CC1Cc2c(CO)c3c(c(Br)c2O1)CC(C)O3. The summed E-state index contributed by atoms with van der Waals surface area (Å²) in [5.41, 5.74) is 3.14. The van der Waals surface area contributed by atoms with Crippen LogP contribution >= 0.6 is 15.9 Å². The number of ether oxygens (including phenoxy) is 2. The predicted molar refractivity (Wildman–Crippen MR) is 67.7 cm³/mol. The normalized spacial score (nSPS) is 25.2. The lowest BCUT2D eigenvalue weighted by molar-refractivity contribution is 0.236. The number of aliphatic hydroxyl groups is 1. The Morgan fingerprint density at radius 1 is 1.12 bits per heavy atom. The van der Waals surface area contributed by atoms with Crippen LogP contribution in [-0.4, -0.2) is 17.3 Å². The van der Waals surface area contributed by atoms with E-state index in [1.54, 1.807) is 0 Å². The Bertz CT molecular complexity index is 445. The monoisotopic (exact) mass is 298 g/mol. The van der Waals surface area contributed by atoms with Crippen LogP contribution in [0.15, 0.2) is 4.47 Å². The molecule has 2 unspecified atom stereocenters. The van der Waals surface area contributed by atoms with Crippen molar-refractivity contribution in [3.05, 3.63) is 21.2 Å². The first kappa shape index (κ1) is 11.4. The molecule has 0 bridgehead atoms. The van der Waals surface area contributed by atoms with Gasteiger partial charge in [-0.05, 0) is 29.8 Å². The highest BCUT2D eigenvalue weighted by molar-refractivity contribution is 9.10. The molecule has 0 aliphatic carbocycles. The average Bonchev–Trinajstić information content (AvgIpc) is 2.83. The number of aliphatic hydroxyl groups excluding tert-OH is 1. The summed E-state index contributed by atoms with van der Waals surface area (Å²) in [5.74, 6) is 1.77. The number of hydrogen-bond donors (Lipinski definition) is 1. The van der Waals surface area contributed by atoms with Crippen LogP contribution in [0.2, 0.25) is 0 Å². The highest BCUT2D eigenvalue weighted by atomic mass is 79.9. The topological polar surface area (TPSA) is 38.7 Å². The lowest BCUT2D eigenvalue weighted by atomic mass is 9.98. The summed E-state index contributed by atoms with van der Waals surface area (Å²) < 4.78 is 12.7. The molecule has 0 saturated carbocycles. The Balaban J connectivity index is 2.23. The molecule has 0 saturated heterocycles. The minimum Gasteiger partial charge on any atom is -0.490 e. The average molecular weight is 299 g/mol. The third-order valence-electron chi connectivity index (χ3n) is 3.43. The standard InChI is InChI=1S/C13H15BrO3/c1-6-3-8-10(5-15)12-9(4-7(2)16-12)11(14)13(8)17-6/h6-7,15H,3-5H2,1-2H3. The molecule has 2 aliphatic rings. The third kappa shape index (κ3) is 1.58. The Hall–Kier alpha value is -0.740. The van der Waals surface area contributed by atoms with Crippen molar-refractivity contribution in [2.75, 3.05) is 0 Å². The maximum absolute atomic E-state index is 9.58. The van der Waals surface area contributed by atoms with E-state index in [1.165, 1.54) is 0 Å². The lowest BCUT2D eigenvalue weighted by Crippen LogP contribution is -2.07. The molecule has 2 atom stereocenters. The van der Waals surface area contributed by atoms with Gasteiger partial charge in [-0.25, -0.2) is 0 Å². The van der Waals surface area contributed by atoms with E-state index in [2.05, 4.69) is 15.9 Å². The fourth-order valence-corrected chi connectivity index (χ4v) is 3.39. The molecular formula is C13H15BrO3. The molecule has 3 rings (SSSR count). The predicted octanol–water partition coefficient (Wildman–Crippen LogP) is 2.59. The van der Waals surface area contributed by atoms with Crippen LogP contribution in [0.5, 0.6) is 11.5 Å². The van der Waals surface area contributed by atoms with E-state index in [9.17, 15) is 5.11 Å². The van der Waals surface area contributed by atoms with Gasteiger partial charge in [0, 0.05) is 29.5 Å². The molecular weight excluding hydrogens is 284 g/mol. The summed E-state index contributed by atoms with van der Waals surface area (Å²) in [6.07, 6.45) is 2.06. The first-order valence-corrected chi connectivity index (χ1v) is 6.71. The maximum atomic E-state index is 9.58. The molecule has 0 amide bonds. The summed E-state index contributed by atoms with van der Waals surface area (Å²) in [6.45, 7) is 4.10. The fraction of sp³-hybridized carbons (Fsp3) is 0.538. The summed E-state index contributed by atoms with van der Waals surface area (Å²) in [7, 11) is 0. The minimum atomic E-state index is 0.0146. The van der Waals surface area contributed by atoms with E-state index in [4.69, 9.17) is 9.47 Å². The van der Waals surface area contributed by atoms with Gasteiger partial charge in [-0.3, -0.25) is 0 Å². The summed E-state index contributed by atoms with van der Waals surface area (Å²) >= 11 is 3.61. The van der Waals surface area contributed by atoms with Crippen molar-refractivity contribution < 1.29 is 14.6 Å². The van der Waals surface area contributed by atoms with Gasteiger partial charge < -0.3 is 14.6 Å². The van der Waals surface area contributed by atoms with Crippen molar-refractivity contribution in [2.24, 2.45) is 0 Å². The zero-order valence-corrected chi connectivity index (χ0v) is 11.5. The van der Waals surface area contributed by atoms with E-state index in [0.29, 0.717) is 0 Å². The Kier molecular flexibility index (Phi) is 2.60. The van der Waals surface area contributed by atoms with Crippen molar-refractivity contribution in [3.63, 3.8) is 0 Å². The number of rotatable bonds is 1. The van der Waals surface area contributed by atoms with Crippen molar-refractivity contribution in [2.45, 2.75) is 45.5 Å². The second kappa shape index (κ2) is 3.89. The minimum absolute atomic E-state index is 0.0146. The van der Waals surface area contributed by atoms with Gasteiger partial charge >= 0.3 is 0 Å². The van der Waals surface area contributed by atoms with Crippen molar-refractivity contribution in [3.8, 4) is 11.5 Å². The Morgan fingerprint density at radius 2 is 1.71 bits per heavy atom. The molecule has 2 heterocycles. The highest BCUT2D eigenvalue weighted by Crippen LogP contribution is 2.49. The molecule has 17 heavy (non-hydrogen) atoms. The zero-order valence-electron chi connectivity index (χ0n) is 9.92. The Labute approximate surface area is 109 Å². The van der Waals surface area contributed by atoms with Crippen molar-refractivity contribution >= 4 is 15.9 Å². The van der Waals surface area contributed by atoms with Crippen LogP contribution < -0.4 is 9.47 Å². The van der Waals surface area contributed by atoms with Gasteiger partial charge in [0.15, 0.2) is 0 Å². The lowest BCUT2D eigenvalue weighted by Gasteiger charge is -2.13. The highest BCUT2D eigenvalue weighted by Gasteiger charge is 2.34. The first-order chi connectivity index (χ1) is 8.11. The number of fused-ring (bicyclic) bond motifs is 2. The van der Waals surface area contributed by atoms with E-state index < -0.39 is 0 Å². The van der Waals surface area contributed by atoms with Crippen LogP contribution in [0.3, 0.4) is 0 Å². The van der Waals surface area contributed by atoms with E-state index in [0.717, 1.165) is 45.5 Å². The van der Waals surface area contributed by atoms with Gasteiger partial charge in [0.05, 0.1) is 11.1 Å².